The molecule has 0 atom stereocenters. The van der Waals surface area contributed by atoms with E-state index in [1.807, 2.05) is 0 Å². The van der Waals surface area contributed by atoms with E-state index >= 15 is 0 Å². The molecule has 1 aromatic heterocycles. The Morgan fingerprint density at radius 3 is 2.60 bits per heavy atom. The van der Waals surface area contributed by atoms with E-state index in [0.29, 0.717) is 10.7 Å². The number of halogens is 1. The summed E-state index contributed by atoms with van der Waals surface area (Å²) in [6.07, 6.45) is 3.70. The Bertz CT molecular complexity index is 231. The average molecular weight is 203 g/mol. The molecule has 1 saturated carbocycles. The van der Waals surface area contributed by atoms with Gasteiger partial charge in [0, 0.05) is 21.8 Å². The summed E-state index contributed by atoms with van der Waals surface area (Å²) >= 11 is 3.11. The van der Waals surface area contributed by atoms with Crippen molar-refractivity contribution < 1.29 is 4.42 Å². The summed E-state index contributed by atoms with van der Waals surface area (Å²) in [5, 5.41) is 7.59. The monoisotopic (exact) mass is 202 g/mol. The van der Waals surface area contributed by atoms with Gasteiger partial charge in [0.1, 0.15) is 0 Å². The van der Waals surface area contributed by atoms with Crippen LogP contribution in [0.15, 0.2) is 9.22 Å². The standard InChI is InChI=1S/C6H7BrN2O/c7-6-9-8-5(10-6)4-2-1-3-4/h4H,1-3H2. The van der Waals surface area contributed by atoms with Gasteiger partial charge in [0.05, 0.1) is 0 Å². The van der Waals surface area contributed by atoms with E-state index in [1.165, 1.54) is 19.3 Å². The van der Waals surface area contributed by atoms with E-state index in [-0.39, 0.29) is 0 Å². The zero-order chi connectivity index (χ0) is 6.97. The Morgan fingerprint density at radius 2 is 2.20 bits per heavy atom. The fraction of sp³-hybridized carbons (Fsp3) is 0.667. The second-order valence-electron chi connectivity index (χ2n) is 2.52. The highest BCUT2D eigenvalue weighted by atomic mass is 79.9. The molecule has 1 aliphatic rings. The second-order valence-corrected chi connectivity index (χ2v) is 3.20. The van der Waals surface area contributed by atoms with Crippen LogP contribution in [-0.2, 0) is 0 Å². The molecule has 1 aromatic rings. The molecule has 0 unspecified atom stereocenters. The maximum Gasteiger partial charge on any atom is 0.284 e. The van der Waals surface area contributed by atoms with Gasteiger partial charge in [-0.2, -0.15) is 0 Å². The van der Waals surface area contributed by atoms with Gasteiger partial charge in [-0.1, -0.05) is 6.42 Å². The maximum absolute atomic E-state index is 5.18. The van der Waals surface area contributed by atoms with E-state index in [1.54, 1.807) is 0 Å². The molecule has 3 nitrogen and oxygen atoms in total. The van der Waals surface area contributed by atoms with Crippen molar-refractivity contribution in [3.63, 3.8) is 0 Å². The van der Waals surface area contributed by atoms with E-state index in [9.17, 15) is 0 Å². The van der Waals surface area contributed by atoms with Crippen LogP contribution in [0.5, 0.6) is 0 Å². The van der Waals surface area contributed by atoms with Crippen LogP contribution >= 0.6 is 15.9 Å². The Hall–Kier alpha value is -0.380. The molecule has 0 bridgehead atoms. The van der Waals surface area contributed by atoms with Gasteiger partial charge >= 0.3 is 0 Å². The third kappa shape index (κ3) is 0.963. The quantitative estimate of drug-likeness (QED) is 0.701. The molecule has 1 aliphatic carbocycles. The lowest BCUT2D eigenvalue weighted by Crippen LogP contribution is -2.08. The molecule has 0 amide bonds. The summed E-state index contributed by atoms with van der Waals surface area (Å²) < 4.78 is 5.18. The van der Waals surface area contributed by atoms with Crippen LogP contribution in [0.2, 0.25) is 0 Å². The number of aromatic nitrogens is 2. The van der Waals surface area contributed by atoms with Gasteiger partial charge in [0.2, 0.25) is 5.89 Å². The van der Waals surface area contributed by atoms with Gasteiger partial charge in [0.15, 0.2) is 0 Å². The smallest absolute Gasteiger partial charge is 0.284 e. The molecule has 1 heterocycles. The summed E-state index contributed by atoms with van der Waals surface area (Å²) in [4.78, 5) is 0.495. The minimum atomic E-state index is 0.495. The van der Waals surface area contributed by atoms with Crippen LogP contribution in [0.1, 0.15) is 31.1 Å². The van der Waals surface area contributed by atoms with Crippen LogP contribution < -0.4 is 0 Å². The van der Waals surface area contributed by atoms with Crippen molar-refractivity contribution in [3.05, 3.63) is 10.7 Å². The lowest BCUT2D eigenvalue weighted by molar-refractivity contribution is 0.329. The first-order valence-electron chi connectivity index (χ1n) is 3.35. The van der Waals surface area contributed by atoms with E-state index in [4.69, 9.17) is 4.42 Å². The van der Waals surface area contributed by atoms with Gasteiger partial charge < -0.3 is 4.42 Å². The Labute approximate surface area is 67.0 Å². The van der Waals surface area contributed by atoms with Crippen molar-refractivity contribution >= 4 is 15.9 Å². The summed E-state index contributed by atoms with van der Waals surface area (Å²) in [6.45, 7) is 0. The highest BCUT2D eigenvalue weighted by Gasteiger charge is 2.24. The first-order valence-corrected chi connectivity index (χ1v) is 4.14. The molecule has 0 spiro atoms. The van der Waals surface area contributed by atoms with Crippen LogP contribution in [0.4, 0.5) is 0 Å². The molecule has 0 saturated heterocycles. The molecule has 0 N–H and O–H groups in total. The molecular formula is C6H7BrN2O. The summed E-state index contributed by atoms with van der Waals surface area (Å²) in [6, 6.07) is 0. The fourth-order valence-electron chi connectivity index (χ4n) is 1.04. The van der Waals surface area contributed by atoms with Gasteiger partial charge in [-0.3, -0.25) is 0 Å². The van der Waals surface area contributed by atoms with Crippen LogP contribution in [0, 0.1) is 0 Å². The van der Waals surface area contributed by atoms with Crippen molar-refractivity contribution in [1.82, 2.24) is 10.2 Å². The molecule has 0 radical (unpaired) electrons. The van der Waals surface area contributed by atoms with Gasteiger partial charge in [-0.05, 0) is 12.8 Å². The third-order valence-corrected chi connectivity index (χ3v) is 2.19. The molecule has 1 fully saturated rings. The topological polar surface area (TPSA) is 38.9 Å². The summed E-state index contributed by atoms with van der Waals surface area (Å²) in [5.41, 5.74) is 0. The van der Waals surface area contributed by atoms with E-state index < -0.39 is 0 Å². The second kappa shape index (κ2) is 2.34. The zero-order valence-corrected chi connectivity index (χ0v) is 6.97. The zero-order valence-electron chi connectivity index (χ0n) is 5.38. The van der Waals surface area contributed by atoms with Crippen LogP contribution in [-0.4, -0.2) is 10.2 Å². The van der Waals surface area contributed by atoms with Crippen molar-refractivity contribution in [2.75, 3.05) is 0 Å². The van der Waals surface area contributed by atoms with Gasteiger partial charge in [-0.15, -0.1) is 10.2 Å². The number of hydrogen-bond acceptors (Lipinski definition) is 3. The Kier molecular flexibility index (Phi) is 1.48. The van der Waals surface area contributed by atoms with Crippen molar-refractivity contribution in [2.24, 2.45) is 0 Å². The molecule has 0 aliphatic heterocycles. The van der Waals surface area contributed by atoms with Crippen molar-refractivity contribution in [1.29, 1.82) is 0 Å². The van der Waals surface area contributed by atoms with Crippen molar-refractivity contribution in [2.45, 2.75) is 25.2 Å². The minimum Gasteiger partial charge on any atom is -0.415 e. The first-order chi connectivity index (χ1) is 4.86. The molecule has 2 rings (SSSR count). The lowest BCUT2D eigenvalue weighted by atomic mass is 9.85. The summed E-state index contributed by atoms with van der Waals surface area (Å²) in [5.74, 6) is 1.33. The maximum atomic E-state index is 5.18. The number of nitrogens with zero attached hydrogens (tertiary/aromatic N) is 2. The normalized spacial score (nSPS) is 18.9. The van der Waals surface area contributed by atoms with E-state index in [2.05, 4.69) is 26.1 Å². The lowest BCUT2D eigenvalue weighted by Gasteiger charge is -2.20. The molecular weight excluding hydrogens is 196 g/mol. The highest BCUT2D eigenvalue weighted by molar-refractivity contribution is 9.10. The highest BCUT2D eigenvalue weighted by Crippen LogP contribution is 2.35. The minimum absolute atomic E-state index is 0.495. The van der Waals surface area contributed by atoms with Crippen LogP contribution in [0.3, 0.4) is 0 Å². The molecule has 54 valence electrons. The molecule has 0 aromatic carbocycles. The molecule has 4 heteroatoms. The number of rotatable bonds is 1. The third-order valence-electron chi connectivity index (χ3n) is 1.87. The van der Waals surface area contributed by atoms with Gasteiger partial charge in [0.25, 0.3) is 4.80 Å². The summed E-state index contributed by atoms with van der Waals surface area (Å²) in [7, 11) is 0. The largest absolute Gasteiger partial charge is 0.415 e. The Morgan fingerprint density at radius 1 is 1.40 bits per heavy atom. The number of hydrogen-bond donors (Lipinski definition) is 0. The SMILES string of the molecule is Brc1nnc(C2CCC2)o1. The average Bonchev–Trinajstić information content (AvgIpc) is 2.10. The predicted molar refractivity (Wildman–Crippen MR) is 38.6 cm³/mol. The first kappa shape index (κ1) is 6.34. The van der Waals surface area contributed by atoms with Crippen molar-refractivity contribution in [3.8, 4) is 0 Å². The Balaban J connectivity index is 2.17. The van der Waals surface area contributed by atoms with Crippen LogP contribution in [0.25, 0.3) is 0 Å². The van der Waals surface area contributed by atoms with E-state index in [0.717, 1.165) is 5.89 Å². The molecule has 10 heavy (non-hydrogen) atoms. The predicted octanol–water partition coefficient (Wildman–Crippen LogP) is 2.10. The fourth-order valence-corrected chi connectivity index (χ4v) is 1.28. The van der Waals surface area contributed by atoms with Gasteiger partial charge in [-0.25, -0.2) is 0 Å².